The van der Waals surface area contributed by atoms with Crippen molar-refractivity contribution in [1.82, 2.24) is 19.3 Å². The van der Waals surface area contributed by atoms with Crippen LogP contribution in [0.2, 0.25) is 0 Å². The van der Waals surface area contributed by atoms with Gasteiger partial charge in [-0.3, -0.25) is 4.57 Å². The molecule has 0 fully saturated rings. The highest BCUT2D eigenvalue weighted by molar-refractivity contribution is 6.09. The van der Waals surface area contributed by atoms with E-state index in [2.05, 4.69) is 156 Å². The summed E-state index contributed by atoms with van der Waals surface area (Å²) in [7, 11) is 0. The maximum Gasteiger partial charge on any atom is 0.137 e. The molecule has 266 valence electrons. The van der Waals surface area contributed by atoms with Crippen molar-refractivity contribution < 1.29 is 4.74 Å². The van der Waals surface area contributed by atoms with Crippen molar-refractivity contribution in [2.75, 3.05) is 0 Å². The summed E-state index contributed by atoms with van der Waals surface area (Å²) in [6.45, 7) is 18.0. The number of nitrogens with zero attached hydrogens (tertiary/aromatic N) is 4. The highest BCUT2D eigenvalue weighted by Gasteiger charge is 2.23. The van der Waals surface area contributed by atoms with Crippen LogP contribution < -0.4 is 4.74 Å². The molecular formula is C47H52N4O. The summed E-state index contributed by atoms with van der Waals surface area (Å²) in [5.41, 5.74) is 13.6. The summed E-state index contributed by atoms with van der Waals surface area (Å²) >= 11 is 0. The van der Waals surface area contributed by atoms with Gasteiger partial charge in [0.05, 0.1) is 28.1 Å². The predicted octanol–water partition coefficient (Wildman–Crippen LogP) is 12.4. The van der Waals surface area contributed by atoms with Crippen LogP contribution in [0.4, 0.5) is 0 Å². The molecule has 0 saturated heterocycles. The molecule has 0 aliphatic rings. The summed E-state index contributed by atoms with van der Waals surface area (Å²) in [5, 5.41) is 7.71. The molecule has 0 bridgehead atoms. The second-order valence-electron chi connectivity index (χ2n) is 14.7. The second-order valence-corrected chi connectivity index (χ2v) is 14.7. The average molecular weight is 689 g/mol. The Kier molecular flexibility index (Phi) is 10.1. The number of para-hydroxylation sites is 1. The lowest BCUT2D eigenvalue weighted by Gasteiger charge is -2.17. The van der Waals surface area contributed by atoms with Gasteiger partial charge in [-0.25, -0.2) is 9.67 Å². The molecule has 0 amide bonds. The molecule has 52 heavy (non-hydrogen) atoms. The Balaban J connectivity index is 1.35. The fraction of sp³-hybridized carbons (Fsp3) is 0.319. The largest absolute Gasteiger partial charge is 0.457 e. The van der Waals surface area contributed by atoms with Gasteiger partial charge in [0.2, 0.25) is 0 Å². The van der Waals surface area contributed by atoms with Gasteiger partial charge < -0.3 is 4.74 Å². The molecule has 0 aliphatic carbocycles. The molecule has 0 radical (unpaired) electrons. The summed E-state index contributed by atoms with van der Waals surface area (Å²) in [6, 6.07) is 32.8. The van der Waals surface area contributed by atoms with Crippen molar-refractivity contribution in [1.29, 1.82) is 0 Å². The fourth-order valence-corrected chi connectivity index (χ4v) is 7.84. The van der Waals surface area contributed by atoms with E-state index in [0.29, 0.717) is 11.8 Å². The zero-order valence-corrected chi connectivity index (χ0v) is 32.1. The molecule has 7 rings (SSSR count). The van der Waals surface area contributed by atoms with Crippen LogP contribution in [0.15, 0.2) is 97.2 Å². The van der Waals surface area contributed by atoms with E-state index in [1.54, 1.807) is 0 Å². The summed E-state index contributed by atoms with van der Waals surface area (Å²) in [5.74, 6) is 3.40. The lowest BCUT2D eigenvalue weighted by molar-refractivity contribution is 0.481. The summed E-state index contributed by atoms with van der Waals surface area (Å²) in [6.07, 6.45) is 6.67. The third kappa shape index (κ3) is 6.53. The van der Waals surface area contributed by atoms with E-state index in [0.717, 1.165) is 71.8 Å². The monoisotopic (exact) mass is 688 g/mol. The normalized spacial score (nSPS) is 11.8. The van der Waals surface area contributed by atoms with Gasteiger partial charge in [0, 0.05) is 34.7 Å². The first-order valence-electron chi connectivity index (χ1n) is 19.3. The molecule has 0 atom stereocenters. The topological polar surface area (TPSA) is 44.9 Å². The van der Waals surface area contributed by atoms with E-state index in [9.17, 15) is 0 Å². The van der Waals surface area contributed by atoms with Crippen molar-refractivity contribution in [2.24, 2.45) is 5.92 Å². The van der Waals surface area contributed by atoms with Crippen LogP contribution in [0.25, 0.3) is 44.4 Å². The zero-order chi connectivity index (χ0) is 36.5. The van der Waals surface area contributed by atoms with Crippen molar-refractivity contribution >= 4 is 21.8 Å². The van der Waals surface area contributed by atoms with E-state index in [1.807, 2.05) is 6.20 Å². The van der Waals surface area contributed by atoms with Crippen LogP contribution in [0.3, 0.4) is 0 Å². The molecule has 0 unspecified atom stereocenters. The Bertz CT molecular complexity index is 2350. The van der Waals surface area contributed by atoms with Crippen molar-refractivity contribution in [3.63, 3.8) is 0 Å². The van der Waals surface area contributed by atoms with Gasteiger partial charge in [-0.15, -0.1) is 0 Å². The van der Waals surface area contributed by atoms with E-state index < -0.39 is 0 Å². The number of rotatable bonds is 12. The number of pyridine rings is 1. The summed E-state index contributed by atoms with van der Waals surface area (Å²) in [4.78, 5) is 4.87. The molecule has 3 aromatic heterocycles. The van der Waals surface area contributed by atoms with Crippen LogP contribution in [0.1, 0.15) is 94.9 Å². The van der Waals surface area contributed by atoms with E-state index in [4.69, 9.17) is 14.8 Å². The molecule has 3 heterocycles. The summed E-state index contributed by atoms with van der Waals surface area (Å²) < 4.78 is 11.3. The molecule has 4 aromatic carbocycles. The number of hydrogen-bond acceptors (Lipinski definition) is 3. The Hall–Kier alpha value is -5.16. The van der Waals surface area contributed by atoms with Crippen LogP contribution in [0, 0.1) is 5.92 Å². The molecule has 0 N–H and O–H groups in total. The first-order valence-corrected chi connectivity index (χ1v) is 19.3. The van der Waals surface area contributed by atoms with Crippen molar-refractivity contribution in [3.05, 3.63) is 131 Å². The third-order valence-corrected chi connectivity index (χ3v) is 10.4. The highest BCUT2D eigenvalue weighted by atomic mass is 16.5. The first kappa shape index (κ1) is 35.3. The maximum absolute atomic E-state index is 6.82. The minimum Gasteiger partial charge on any atom is -0.457 e. The number of benzene rings is 4. The smallest absolute Gasteiger partial charge is 0.137 e. The molecule has 7 aromatic rings. The number of aromatic nitrogens is 4. The number of hydrogen-bond donors (Lipinski definition) is 0. The van der Waals surface area contributed by atoms with Gasteiger partial charge in [0.25, 0.3) is 0 Å². The van der Waals surface area contributed by atoms with Crippen LogP contribution in [0.5, 0.6) is 11.5 Å². The Morgan fingerprint density at radius 3 is 2.10 bits per heavy atom. The molecule has 0 saturated carbocycles. The van der Waals surface area contributed by atoms with Gasteiger partial charge in [-0.1, -0.05) is 91.8 Å². The standard InChI is InChI=1S/C47H52N4O/c1-9-33-16-15-17-34(10-2)46(33)47-41(11-3)49-51(42(47)12-4)36-26-35(31(7)8)27-38(28-36)52-37-20-21-40-39-18-13-14-19-43(39)50(44(40)29-37)45-25-32(22-23-48-45)24-30(5)6/h13-23,25-31H,9-12,24H2,1-8H3. The first-order chi connectivity index (χ1) is 25.2. The maximum atomic E-state index is 6.82. The van der Waals surface area contributed by atoms with E-state index >= 15 is 0 Å². The SMILES string of the molecule is CCc1cccc(CC)c1-c1c(CC)nn(-c2cc(Oc3ccc4c5ccccc5n(-c5cc(CC(C)C)ccn5)c4c3)cc(C(C)C)c2)c1CC. The minimum atomic E-state index is 0.315. The van der Waals surface area contributed by atoms with E-state index in [1.165, 1.54) is 49.8 Å². The third-order valence-electron chi connectivity index (χ3n) is 10.4. The molecule has 0 aliphatic heterocycles. The number of aryl methyl sites for hydroxylation is 3. The fourth-order valence-electron chi connectivity index (χ4n) is 7.84. The quantitative estimate of drug-likeness (QED) is 0.128. The van der Waals surface area contributed by atoms with Crippen LogP contribution >= 0.6 is 0 Å². The average Bonchev–Trinajstić information content (AvgIpc) is 3.69. The molecule has 5 heteroatoms. The lowest BCUT2D eigenvalue weighted by atomic mass is 9.89. The van der Waals surface area contributed by atoms with Gasteiger partial charge in [-0.05, 0) is 114 Å². The predicted molar refractivity (Wildman–Crippen MR) is 218 cm³/mol. The van der Waals surface area contributed by atoms with Gasteiger partial charge in [-0.2, -0.15) is 5.10 Å². The lowest BCUT2D eigenvalue weighted by Crippen LogP contribution is -2.05. The number of ether oxygens (including phenoxy) is 1. The Labute approximate surface area is 309 Å². The Morgan fingerprint density at radius 2 is 1.40 bits per heavy atom. The second kappa shape index (κ2) is 14.8. The molecule has 5 nitrogen and oxygen atoms in total. The number of fused-ring (bicyclic) bond motifs is 3. The van der Waals surface area contributed by atoms with Crippen LogP contribution in [-0.4, -0.2) is 19.3 Å². The molecule has 0 spiro atoms. The molecular weight excluding hydrogens is 637 g/mol. The van der Waals surface area contributed by atoms with E-state index in [-0.39, 0.29) is 0 Å². The Morgan fingerprint density at radius 1 is 0.654 bits per heavy atom. The van der Waals surface area contributed by atoms with Gasteiger partial charge in [0.1, 0.15) is 17.3 Å². The minimum absolute atomic E-state index is 0.315. The zero-order valence-electron chi connectivity index (χ0n) is 32.1. The van der Waals surface area contributed by atoms with Crippen LogP contribution in [-0.2, 0) is 32.1 Å². The van der Waals surface area contributed by atoms with Gasteiger partial charge in [0.15, 0.2) is 0 Å². The highest BCUT2D eigenvalue weighted by Crippen LogP contribution is 2.39. The van der Waals surface area contributed by atoms with Crippen molar-refractivity contribution in [3.8, 4) is 34.1 Å². The van der Waals surface area contributed by atoms with Crippen molar-refractivity contribution in [2.45, 2.75) is 93.4 Å². The van der Waals surface area contributed by atoms with Gasteiger partial charge >= 0.3 is 0 Å².